The van der Waals surface area contributed by atoms with E-state index in [9.17, 15) is 14.7 Å². The highest BCUT2D eigenvalue weighted by atomic mass is 35.5. The van der Waals surface area contributed by atoms with Crippen LogP contribution in [0.3, 0.4) is 0 Å². The lowest BCUT2D eigenvalue weighted by Crippen LogP contribution is -2.59. The molecule has 0 atom stereocenters. The van der Waals surface area contributed by atoms with E-state index >= 15 is 0 Å². The Bertz CT molecular complexity index is 1020. The van der Waals surface area contributed by atoms with Gasteiger partial charge in [0.1, 0.15) is 5.69 Å². The van der Waals surface area contributed by atoms with Crippen molar-refractivity contribution in [3.63, 3.8) is 0 Å². The number of aromatic carboxylic acids is 1. The van der Waals surface area contributed by atoms with Crippen molar-refractivity contribution in [2.45, 2.75) is 44.1 Å². The van der Waals surface area contributed by atoms with E-state index in [1.165, 1.54) is 31.4 Å². The van der Waals surface area contributed by atoms with Crippen molar-refractivity contribution in [3.05, 3.63) is 39.5 Å². The molecule has 4 aliphatic rings. The smallest absolute Gasteiger partial charge is 0.352 e. The van der Waals surface area contributed by atoms with Gasteiger partial charge in [0.2, 0.25) is 5.91 Å². The van der Waals surface area contributed by atoms with E-state index in [0.29, 0.717) is 26.5 Å². The number of carboxylic acid groups (broad SMARTS) is 1. The SMILES string of the molecule is O=C(C=Cc1c(C(=O)O)[nH]c2cc(Cl)cc(Cl)c12)NC12CC3CC(CC(C3)C1)C2. The Balaban J connectivity index is 1.43. The molecule has 0 unspecified atom stereocenters. The number of rotatable bonds is 4. The van der Waals surface area contributed by atoms with Crippen LogP contribution < -0.4 is 5.32 Å². The van der Waals surface area contributed by atoms with Crippen LogP contribution in [0.1, 0.15) is 54.6 Å². The minimum Gasteiger partial charge on any atom is -0.477 e. The van der Waals surface area contributed by atoms with E-state index in [-0.39, 0.29) is 17.1 Å². The Hall–Kier alpha value is -1.98. The molecular weight excluding hydrogens is 411 g/mol. The number of hydrogen-bond donors (Lipinski definition) is 3. The summed E-state index contributed by atoms with van der Waals surface area (Å²) in [7, 11) is 0. The fourth-order valence-corrected chi connectivity index (χ4v) is 6.93. The van der Waals surface area contributed by atoms with E-state index in [4.69, 9.17) is 23.2 Å². The lowest BCUT2D eigenvalue weighted by molar-refractivity contribution is -0.122. The Kier molecular flexibility index (Phi) is 4.44. The van der Waals surface area contributed by atoms with Gasteiger partial charge < -0.3 is 15.4 Å². The lowest BCUT2D eigenvalue weighted by atomic mass is 9.53. The molecule has 4 saturated carbocycles. The predicted octanol–water partition coefficient (Wildman–Crippen LogP) is 5.27. The predicted molar refractivity (Wildman–Crippen MR) is 113 cm³/mol. The standard InChI is InChI=1S/C22H22Cl2N2O3/c23-14-6-16(24)19-15(20(21(28)29)25-17(19)7-14)1-2-18(27)26-22-8-11-3-12(9-22)5-13(4-11)10-22/h1-2,6-7,11-13,25H,3-5,8-10H2,(H,26,27)(H,28,29). The molecule has 1 aromatic carbocycles. The van der Waals surface area contributed by atoms with Gasteiger partial charge in [-0.15, -0.1) is 0 Å². The van der Waals surface area contributed by atoms with Crippen LogP contribution in [0.4, 0.5) is 0 Å². The van der Waals surface area contributed by atoms with Crippen molar-refractivity contribution in [1.29, 1.82) is 0 Å². The summed E-state index contributed by atoms with van der Waals surface area (Å²) in [6.07, 6.45) is 10.1. The van der Waals surface area contributed by atoms with Crippen molar-refractivity contribution in [3.8, 4) is 0 Å². The number of benzene rings is 1. The van der Waals surface area contributed by atoms with Gasteiger partial charge in [-0.05, 0) is 74.5 Å². The summed E-state index contributed by atoms with van der Waals surface area (Å²) in [5.41, 5.74) is 0.816. The summed E-state index contributed by atoms with van der Waals surface area (Å²) in [6, 6.07) is 3.19. The van der Waals surface area contributed by atoms with Crippen LogP contribution in [0.2, 0.25) is 10.0 Å². The molecule has 1 aromatic heterocycles. The number of halogens is 2. The van der Waals surface area contributed by atoms with E-state index in [2.05, 4.69) is 10.3 Å². The summed E-state index contributed by atoms with van der Waals surface area (Å²) in [6.45, 7) is 0. The van der Waals surface area contributed by atoms with Crippen LogP contribution in [-0.4, -0.2) is 27.5 Å². The number of H-pyrrole nitrogens is 1. The monoisotopic (exact) mass is 432 g/mol. The average molecular weight is 433 g/mol. The van der Waals surface area contributed by atoms with Gasteiger partial charge in [0, 0.05) is 33.1 Å². The van der Waals surface area contributed by atoms with E-state index in [1.54, 1.807) is 12.1 Å². The second kappa shape index (κ2) is 6.78. The summed E-state index contributed by atoms with van der Waals surface area (Å²) in [5, 5.41) is 14.1. The maximum Gasteiger partial charge on any atom is 0.352 e. The molecule has 0 aliphatic heterocycles. The van der Waals surface area contributed by atoms with Crippen LogP contribution in [-0.2, 0) is 4.79 Å². The zero-order valence-electron chi connectivity index (χ0n) is 15.8. The Morgan fingerprint density at radius 1 is 1.10 bits per heavy atom. The third-order valence-electron chi connectivity index (χ3n) is 6.90. The van der Waals surface area contributed by atoms with E-state index in [1.807, 2.05) is 0 Å². The van der Waals surface area contributed by atoms with Crippen molar-refractivity contribution in [2.75, 3.05) is 0 Å². The number of carboxylic acids is 1. The van der Waals surface area contributed by atoms with Gasteiger partial charge in [0.25, 0.3) is 0 Å². The first-order chi connectivity index (χ1) is 13.8. The molecule has 5 nitrogen and oxygen atoms in total. The molecule has 4 aliphatic carbocycles. The Labute approximate surface area is 178 Å². The van der Waals surface area contributed by atoms with Gasteiger partial charge in [-0.3, -0.25) is 4.79 Å². The third-order valence-corrected chi connectivity index (χ3v) is 7.41. The molecule has 152 valence electrons. The Morgan fingerprint density at radius 3 is 2.31 bits per heavy atom. The average Bonchev–Trinajstić information content (AvgIpc) is 2.97. The highest BCUT2D eigenvalue weighted by Gasteiger charge is 2.51. The minimum atomic E-state index is -1.12. The second-order valence-corrected chi connectivity index (χ2v) is 9.89. The first-order valence-corrected chi connectivity index (χ1v) is 10.8. The zero-order valence-corrected chi connectivity index (χ0v) is 17.3. The fraction of sp³-hybridized carbons (Fsp3) is 0.455. The number of carbonyl (C=O) groups is 2. The molecule has 6 rings (SSSR count). The van der Waals surface area contributed by atoms with Crippen LogP contribution in [0, 0.1) is 17.8 Å². The number of amides is 1. The summed E-state index contributed by atoms with van der Waals surface area (Å²) < 4.78 is 0. The largest absolute Gasteiger partial charge is 0.477 e. The number of hydrogen-bond acceptors (Lipinski definition) is 2. The molecule has 29 heavy (non-hydrogen) atoms. The molecule has 0 radical (unpaired) electrons. The van der Waals surface area contributed by atoms with E-state index in [0.717, 1.165) is 37.0 Å². The topological polar surface area (TPSA) is 82.2 Å². The molecule has 3 N–H and O–H groups in total. The summed E-state index contributed by atoms with van der Waals surface area (Å²) in [5.74, 6) is 0.918. The third kappa shape index (κ3) is 3.34. The molecule has 2 aromatic rings. The zero-order chi connectivity index (χ0) is 20.3. The maximum absolute atomic E-state index is 12.8. The summed E-state index contributed by atoms with van der Waals surface area (Å²) >= 11 is 12.3. The van der Waals surface area contributed by atoms with Gasteiger partial charge in [0.15, 0.2) is 0 Å². The number of nitrogens with one attached hydrogen (secondary N) is 2. The second-order valence-electron chi connectivity index (χ2n) is 9.05. The van der Waals surface area contributed by atoms with Crippen molar-refractivity contribution in [2.24, 2.45) is 17.8 Å². The molecule has 0 spiro atoms. The van der Waals surface area contributed by atoms with E-state index < -0.39 is 5.97 Å². The highest BCUT2D eigenvalue weighted by Crippen LogP contribution is 2.55. The van der Waals surface area contributed by atoms with Crippen molar-refractivity contribution < 1.29 is 14.7 Å². The van der Waals surface area contributed by atoms with Crippen LogP contribution in [0.5, 0.6) is 0 Å². The molecular formula is C22H22Cl2N2O3. The van der Waals surface area contributed by atoms with Crippen LogP contribution >= 0.6 is 23.2 Å². The van der Waals surface area contributed by atoms with Gasteiger partial charge in [0.05, 0.1) is 5.02 Å². The normalized spacial score (nSPS) is 30.3. The fourth-order valence-electron chi connectivity index (χ4n) is 6.33. The molecule has 0 saturated heterocycles. The van der Waals surface area contributed by atoms with Crippen molar-refractivity contribution >= 4 is 52.1 Å². The molecule has 4 fully saturated rings. The Morgan fingerprint density at radius 2 is 1.72 bits per heavy atom. The number of carbonyl (C=O) groups excluding carboxylic acids is 1. The van der Waals surface area contributed by atoms with Gasteiger partial charge in [-0.2, -0.15) is 0 Å². The highest BCUT2D eigenvalue weighted by molar-refractivity contribution is 6.39. The first-order valence-electron chi connectivity index (χ1n) is 10.1. The molecule has 1 heterocycles. The summed E-state index contributed by atoms with van der Waals surface area (Å²) in [4.78, 5) is 27.3. The van der Waals surface area contributed by atoms with Gasteiger partial charge in [-0.1, -0.05) is 23.2 Å². The minimum absolute atomic E-state index is 0.0111. The van der Waals surface area contributed by atoms with Crippen LogP contribution in [0.25, 0.3) is 17.0 Å². The number of fused-ring (bicyclic) bond motifs is 1. The molecule has 1 amide bonds. The first kappa shape index (κ1) is 19.0. The lowest BCUT2D eigenvalue weighted by Gasteiger charge is -2.56. The molecule has 4 bridgehead atoms. The number of aromatic amines is 1. The van der Waals surface area contributed by atoms with Gasteiger partial charge >= 0.3 is 5.97 Å². The quantitative estimate of drug-likeness (QED) is 0.575. The van der Waals surface area contributed by atoms with Gasteiger partial charge in [-0.25, -0.2) is 4.79 Å². The van der Waals surface area contributed by atoms with Crippen molar-refractivity contribution in [1.82, 2.24) is 10.3 Å². The van der Waals surface area contributed by atoms with Crippen LogP contribution in [0.15, 0.2) is 18.2 Å². The number of aromatic nitrogens is 1. The molecule has 7 heteroatoms. The maximum atomic E-state index is 12.8.